The molecular formula is C41H27NO. The molecule has 2 aromatic heterocycles. The molecule has 2 heteroatoms. The first kappa shape index (κ1) is 24.0. The molecule has 1 aliphatic rings. The van der Waals surface area contributed by atoms with Crippen LogP contribution in [0.4, 0.5) is 0 Å². The van der Waals surface area contributed by atoms with Gasteiger partial charge in [0.15, 0.2) is 5.58 Å². The number of nitrogens with zero attached hydrogens (tertiary/aromatic N) is 1. The number of hydrogen-bond acceptors (Lipinski definition) is 1. The van der Waals surface area contributed by atoms with Crippen LogP contribution in [0.2, 0.25) is 0 Å². The summed E-state index contributed by atoms with van der Waals surface area (Å²) in [6.07, 6.45) is 5.61. The largest absolute Gasteiger partial charge is 0.454 e. The Labute approximate surface area is 249 Å². The predicted molar refractivity (Wildman–Crippen MR) is 180 cm³/mol. The molecule has 0 N–H and O–H groups in total. The summed E-state index contributed by atoms with van der Waals surface area (Å²) in [5.74, 6) is 0. The number of aromatic nitrogens is 1. The lowest BCUT2D eigenvalue weighted by Crippen LogP contribution is -1.95. The number of furan rings is 1. The highest BCUT2D eigenvalue weighted by Gasteiger charge is 2.22. The van der Waals surface area contributed by atoms with Crippen LogP contribution >= 0.6 is 0 Å². The molecule has 0 saturated heterocycles. The summed E-state index contributed by atoms with van der Waals surface area (Å²) in [7, 11) is 0. The minimum atomic E-state index is 0.889. The smallest absolute Gasteiger partial charge is 0.159 e. The third-order valence-electron chi connectivity index (χ3n) is 8.87. The fourth-order valence-corrected chi connectivity index (χ4v) is 6.94. The number of rotatable bonds is 3. The van der Waals surface area contributed by atoms with E-state index in [1.807, 2.05) is 0 Å². The van der Waals surface area contributed by atoms with Crippen molar-refractivity contribution in [2.24, 2.45) is 0 Å². The van der Waals surface area contributed by atoms with E-state index in [1.165, 1.54) is 55.2 Å². The van der Waals surface area contributed by atoms with Crippen molar-refractivity contribution >= 4 is 54.9 Å². The van der Waals surface area contributed by atoms with Gasteiger partial charge in [-0.15, -0.1) is 0 Å². The van der Waals surface area contributed by atoms with E-state index in [0.717, 1.165) is 34.0 Å². The van der Waals surface area contributed by atoms with Crippen LogP contribution in [0.1, 0.15) is 22.3 Å². The van der Waals surface area contributed by atoms with Crippen LogP contribution in [0, 0.1) is 0 Å². The molecule has 6 aromatic carbocycles. The van der Waals surface area contributed by atoms with Crippen molar-refractivity contribution in [1.82, 2.24) is 4.57 Å². The van der Waals surface area contributed by atoms with Gasteiger partial charge in [-0.25, -0.2) is 0 Å². The van der Waals surface area contributed by atoms with Crippen LogP contribution in [0.15, 0.2) is 156 Å². The normalized spacial score (nSPS) is 13.3. The van der Waals surface area contributed by atoms with Crippen molar-refractivity contribution in [1.29, 1.82) is 0 Å². The van der Waals surface area contributed by atoms with Gasteiger partial charge in [0, 0.05) is 21.5 Å². The van der Waals surface area contributed by atoms with Gasteiger partial charge in [0.1, 0.15) is 5.58 Å². The topological polar surface area (TPSA) is 18.1 Å². The molecular weight excluding hydrogens is 522 g/mol. The van der Waals surface area contributed by atoms with E-state index < -0.39 is 0 Å². The van der Waals surface area contributed by atoms with Crippen molar-refractivity contribution in [3.05, 3.63) is 174 Å². The van der Waals surface area contributed by atoms with Gasteiger partial charge in [-0.1, -0.05) is 121 Å². The highest BCUT2D eigenvalue weighted by atomic mass is 16.3. The summed E-state index contributed by atoms with van der Waals surface area (Å²) < 4.78 is 9.16. The van der Waals surface area contributed by atoms with Crippen LogP contribution in [0.25, 0.3) is 60.6 Å². The summed E-state index contributed by atoms with van der Waals surface area (Å²) in [6, 6.07) is 49.8. The van der Waals surface area contributed by atoms with Gasteiger partial charge in [0.2, 0.25) is 0 Å². The first-order valence-electron chi connectivity index (χ1n) is 14.8. The molecule has 1 aliphatic carbocycles. The number of allylic oxidation sites excluding steroid dienone is 3. The average Bonchev–Trinajstić information content (AvgIpc) is 3.55. The van der Waals surface area contributed by atoms with Crippen molar-refractivity contribution < 1.29 is 4.42 Å². The summed E-state index contributed by atoms with van der Waals surface area (Å²) in [4.78, 5) is 0. The van der Waals surface area contributed by atoms with E-state index in [4.69, 9.17) is 4.42 Å². The predicted octanol–water partition coefficient (Wildman–Crippen LogP) is 10.8. The average molecular weight is 550 g/mol. The SMILES string of the molecule is C1=C(c2ccccc2)C=C(c2cccc3oc4c(-n5c6ccccc6c6ccccc65)cccc4c23)c2ccccc2C1. The van der Waals surface area contributed by atoms with Gasteiger partial charge in [0.05, 0.1) is 16.7 Å². The maximum Gasteiger partial charge on any atom is 0.159 e. The lowest BCUT2D eigenvalue weighted by Gasteiger charge is -2.13. The van der Waals surface area contributed by atoms with Crippen LogP contribution in [0.5, 0.6) is 0 Å². The summed E-state index contributed by atoms with van der Waals surface area (Å²) in [6.45, 7) is 0. The van der Waals surface area contributed by atoms with Crippen LogP contribution in [-0.4, -0.2) is 4.57 Å². The molecule has 0 aliphatic heterocycles. The summed E-state index contributed by atoms with van der Waals surface area (Å²) in [5, 5.41) is 4.76. The second-order valence-electron chi connectivity index (χ2n) is 11.2. The van der Waals surface area contributed by atoms with E-state index in [2.05, 4.69) is 156 Å². The quantitative estimate of drug-likeness (QED) is 0.214. The first-order valence-corrected chi connectivity index (χ1v) is 14.8. The van der Waals surface area contributed by atoms with Crippen molar-refractivity contribution in [3.8, 4) is 5.69 Å². The standard InChI is InChI=1S/C41H27NO/c1-2-12-27(13-3-1)29-25-24-28-14-4-5-15-30(28)35(26-29)33-18-11-23-39-40(33)34-19-10-22-38(41(34)43-39)42-36-20-8-6-16-31(36)32-17-7-9-21-37(32)42/h1-23,25-26H,24H2. The monoisotopic (exact) mass is 549 g/mol. The molecule has 43 heavy (non-hydrogen) atoms. The third-order valence-corrected chi connectivity index (χ3v) is 8.87. The Bertz CT molecular complexity index is 2360. The van der Waals surface area contributed by atoms with Crippen LogP contribution in [-0.2, 0) is 6.42 Å². The molecule has 0 saturated carbocycles. The van der Waals surface area contributed by atoms with Crippen LogP contribution in [0.3, 0.4) is 0 Å². The Morgan fingerprint density at radius 1 is 0.535 bits per heavy atom. The van der Waals surface area contributed by atoms with E-state index in [-0.39, 0.29) is 0 Å². The molecule has 0 atom stereocenters. The zero-order chi connectivity index (χ0) is 28.3. The van der Waals surface area contributed by atoms with Crippen molar-refractivity contribution in [2.75, 3.05) is 0 Å². The lowest BCUT2D eigenvalue weighted by atomic mass is 9.90. The molecule has 2 nitrogen and oxygen atoms in total. The Balaban J connectivity index is 1.34. The molecule has 2 heterocycles. The Hall–Kier alpha value is -5.60. The number of para-hydroxylation sites is 3. The molecule has 0 bridgehead atoms. The molecule has 0 unspecified atom stereocenters. The first-order chi connectivity index (χ1) is 21.3. The lowest BCUT2D eigenvalue weighted by molar-refractivity contribution is 0.666. The molecule has 0 fully saturated rings. The van der Waals surface area contributed by atoms with Crippen LogP contribution < -0.4 is 0 Å². The second-order valence-corrected chi connectivity index (χ2v) is 11.2. The second kappa shape index (κ2) is 9.47. The van der Waals surface area contributed by atoms with E-state index in [9.17, 15) is 0 Å². The Kier molecular flexibility index (Phi) is 5.30. The zero-order valence-corrected chi connectivity index (χ0v) is 23.5. The molecule has 0 radical (unpaired) electrons. The summed E-state index contributed by atoms with van der Waals surface area (Å²) in [5.41, 5.74) is 12.7. The number of fused-ring (bicyclic) bond motifs is 7. The van der Waals surface area contributed by atoms with Crippen molar-refractivity contribution in [2.45, 2.75) is 6.42 Å². The van der Waals surface area contributed by atoms with E-state index in [0.29, 0.717) is 0 Å². The number of hydrogen-bond donors (Lipinski definition) is 0. The fraction of sp³-hybridized carbons (Fsp3) is 0.0244. The van der Waals surface area contributed by atoms with Gasteiger partial charge in [0.25, 0.3) is 0 Å². The maximum absolute atomic E-state index is 6.80. The Morgan fingerprint density at radius 3 is 2.00 bits per heavy atom. The van der Waals surface area contributed by atoms with Gasteiger partial charge in [-0.05, 0) is 70.2 Å². The van der Waals surface area contributed by atoms with Gasteiger partial charge in [-0.3, -0.25) is 0 Å². The fourth-order valence-electron chi connectivity index (χ4n) is 6.94. The van der Waals surface area contributed by atoms with E-state index >= 15 is 0 Å². The molecule has 0 amide bonds. The van der Waals surface area contributed by atoms with Crippen molar-refractivity contribution in [3.63, 3.8) is 0 Å². The zero-order valence-electron chi connectivity index (χ0n) is 23.5. The van der Waals surface area contributed by atoms with Gasteiger partial charge >= 0.3 is 0 Å². The Morgan fingerprint density at radius 2 is 1.19 bits per heavy atom. The van der Waals surface area contributed by atoms with Gasteiger partial charge in [-0.2, -0.15) is 0 Å². The molecule has 9 rings (SSSR count). The molecule has 202 valence electrons. The van der Waals surface area contributed by atoms with Gasteiger partial charge < -0.3 is 8.98 Å². The summed E-state index contributed by atoms with van der Waals surface area (Å²) >= 11 is 0. The number of benzene rings is 6. The highest BCUT2D eigenvalue weighted by molar-refractivity contribution is 6.16. The highest BCUT2D eigenvalue weighted by Crippen LogP contribution is 2.43. The molecule has 8 aromatic rings. The molecule has 0 spiro atoms. The van der Waals surface area contributed by atoms with E-state index in [1.54, 1.807) is 0 Å². The third kappa shape index (κ3) is 3.67. The minimum Gasteiger partial charge on any atom is -0.454 e. The maximum atomic E-state index is 6.80. The minimum absolute atomic E-state index is 0.889.